The van der Waals surface area contributed by atoms with Gasteiger partial charge in [0.1, 0.15) is 0 Å². The smallest absolute Gasteiger partial charge is 0.231 e. The van der Waals surface area contributed by atoms with E-state index < -0.39 is 0 Å². The highest BCUT2D eigenvalue weighted by Crippen LogP contribution is 2.21. The average molecular weight is 288 g/mol. The molecule has 1 heterocycles. The third kappa shape index (κ3) is 3.46. The summed E-state index contributed by atoms with van der Waals surface area (Å²) in [6, 6.07) is 11.6. The van der Waals surface area contributed by atoms with Crippen LogP contribution in [0.25, 0.3) is 0 Å². The molecular weight excluding hydrogens is 268 g/mol. The summed E-state index contributed by atoms with van der Waals surface area (Å²) in [7, 11) is 0. The maximum Gasteiger partial charge on any atom is 0.231 e. The lowest BCUT2D eigenvalue weighted by atomic mass is 10.0. The first kappa shape index (κ1) is 14.8. The van der Waals surface area contributed by atoms with Crippen LogP contribution in [0.1, 0.15) is 19.4 Å². The molecule has 1 aromatic heterocycles. The molecular formula is C16H20N2OS. The standard InChI is InChI=1S/C16H20N2OS/c1-12(13(2)17)16(19)18(10-14-8-9-20-11-14)15-6-4-3-5-7-15/h3-9,11-13H,10,17H2,1-2H3. The summed E-state index contributed by atoms with van der Waals surface area (Å²) in [4.78, 5) is 14.5. The number of thiophene rings is 1. The Morgan fingerprint density at radius 2 is 1.95 bits per heavy atom. The summed E-state index contributed by atoms with van der Waals surface area (Å²) in [6.45, 7) is 4.34. The van der Waals surface area contributed by atoms with E-state index in [1.54, 1.807) is 11.3 Å². The van der Waals surface area contributed by atoms with Gasteiger partial charge in [0.25, 0.3) is 0 Å². The number of nitrogens with zero attached hydrogens (tertiary/aromatic N) is 1. The van der Waals surface area contributed by atoms with Crippen molar-refractivity contribution in [3.05, 3.63) is 52.7 Å². The Morgan fingerprint density at radius 1 is 1.25 bits per heavy atom. The normalized spacial score (nSPS) is 13.8. The number of carbonyl (C=O) groups excluding carboxylic acids is 1. The monoisotopic (exact) mass is 288 g/mol. The molecule has 3 nitrogen and oxygen atoms in total. The van der Waals surface area contributed by atoms with Gasteiger partial charge in [-0.1, -0.05) is 25.1 Å². The van der Waals surface area contributed by atoms with E-state index >= 15 is 0 Å². The molecule has 0 bridgehead atoms. The Labute approximate surface area is 124 Å². The van der Waals surface area contributed by atoms with Crippen LogP contribution in [0.15, 0.2) is 47.2 Å². The lowest BCUT2D eigenvalue weighted by Crippen LogP contribution is -2.41. The van der Waals surface area contributed by atoms with Crippen molar-refractivity contribution in [2.45, 2.75) is 26.4 Å². The predicted molar refractivity (Wildman–Crippen MR) is 84.8 cm³/mol. The molecule has 2 unspecified atom stereocenters. The van der Waals surface area contributed by atoms with E-state index in [0.29, 0.717) is 6.54 Å². The van der Waals surface area contributed by atoms with Crippen molar-refractivity contribution in [1.29, 1.82) is 0 Å². The van der Waals surface area contributed by atoms with Crippen molar-refractivity contribution in [1.82, 2.24) is 0 Å². The highest BCUT2D eigenvalue weighted by Gasteiger charge is 2.24. The molecule has 4 heteroatoms. The molecule has 2 aromatic rings. The maximum absolute atomic E-state index is 12.7. The molecule has 1 aromatic carbocycles. The van der Waals surface area contributed by atoms with Crippen LogP contribution in [0.5, 0.6) is 0 Å². The molecule has 0 aliphatic rings. The van der Waals surface area contributed by atoms with Crippen LogP contribution < -0.4 is 10.6 Å². The zero-order valence-electron chi connectivity index (χ0n) is 11.8. The number of benzene rings is 1. The van der Waals surface area contributed by atoms with E-state index in [-0.39, 0.29) is 17.9 Å². The van der Waals surface area contributed by atoms with E-state index in [2.05, 4.69) is 5.38 Å². The van der Waals surface area contributed by atoms with Gasteiger partial charge in [0.15, 0.2) is 0 Å². The van der Waals surface area contributed by atoms with Crippen LogP contribution in [-0.4, -0.2) is 11.9 Å². The fourth-order valence-electron chi connectivity index (χ4n) is 1.94. The van der Waals surface area contributed by atoms with Gasteiger partial charge in [0, 0.05) is 11.7 Å². The van der Waals surface area contributed by atoms with Crippen molar-refractivity contribution in [3.63, 3.8) is 0 Å². The Bertz CT molecular complexity index is 537. The third-order valence-corrected chi connectivity index (χ3v) is 4.16. The Kier molecular flexibility index (Phi) is 4.93. The largest absolute Gasteiger partial charge is 0.327 e. The Morgan fingerprint density at radius 3 is 2.50 bits per heavy atom. The van der Waals surface area contributed by atoms with Crippen LogP contribution >= 0.6 is 11.3 Å². The van der Waals surface area contributed by atoms with Crippen LogP contribution in [-0.2, 0) is 11.3 Å². The number of nitrogens with two attached hydrogens (primary N) is 1. The molecule has 0 fully saturated rings. The summed E-state index contributed by atoms with van der Waals surface area (Å²) in [5, 5.41) is 4.09. The van der Waals surface area contributed by atoms with E-state index in [1.165, 1.54) is 0 Å². The molecule has 2 atom stereocenters. The quantitative estimate of drug-likeness (QED) is 0.918. The van der Waals surface area contributed by atoms with Crippen molar-refractivity contribution < 1.29 is 4.79 Å². The number of anilines is 1. The van der Waals surface area contributed by atoms with Crippen molar-refractivity contribution >= 4 is 22.9 Å². The number of para-hydroxylation sites is 1. The van der Waals surface area contributed by atoms with E-state index in [9.17, 15) is 4.79 Å². The van der Waals surface area contributed by atoms with Gasteiger partial charge in [-0.05, 0) is 41.4 Å². The van der Waals surface area contributed by atoms with Gasteiger partial charge in [-0.25, -0.2) is 0 Å². The fraction of sp³-hybridized carbons (Fsp3) is 0.312. The van der Waals surface area contributed by atoms with Crippen LogP contribution in [0.4, 0.5) is 5.69 Å². The van der Waals surface area contributed by atoms with Crippen LogP contribution in [0, 0.1) is 5.92 Å². The minimum Gasteiger partial charge on any atom is -0.327 e. The fourth-order valence-corrected chi connectivity index (χ4v) is 2.60. The average Bonchev–Trinajstić information content (AvgIpc) is 2.97. The van der Waals surface area contributed by atoms with Gasteiger partial charge >= 0.3 is 0 Å². The molecule has 0 spiro atoms. The molecule has 0 saturated heterocycles. The first-order chi connectivity index (χ1) is 9.59. The van der Waals surface area contributed by atoms with E-state index in [1.807, 2.05) is 60.5 Å². The second-order valence-corrected chi connectivity index (χ2v) is 5.82. The van der Waals surface area contributed by atoms with Crippen molar-refractivity contribution in [3.8, 4) is 0 Å². The summed E-state index contributed by atoms with van der Waals surface area (Å²) in [5.74, 6) is -0.133. The number of hydrogen-bond acceptors (Lipinski definition) is 3. The lowest BCUT2D eigenvalue weighted by molar-refractivity contribution is -0.122. The van der Waals surface area contributed by atoms with E-state index in [0.717, 1.165) is 11.3 Å². The second-order valence-electron chi connectivity index (χ2n) is 5.04. The topological polar surface area (TPSA) is 46.3 Å². The zero-order valence-corrected chi connectivity index (χ0v) is 12.6. The maximum atomic E-state index is 12.7. The molecule has 0 saturated carbocycles. The SMILES string of the molecule is CC(N)C(C)C(=O)N(Cc1ccsc1)c1ccccc1. The van der Waals surface area contributed by atoms with Crippen molar-refractivity contribution in [2.24, 2.45) is 11.7 Å². The molecule has 0 aliphatic carbocycles. The highest BCUT2D eigenvalue weighted by molar-refractivity contribution is 7.07. The summed E-state index contributed by atoms with van der Waals surface area (Å²) in [5.41, 5.74) is 7.94. The summed E-state index contributed by atoms with van der Waals surface area (Å²) < 4.78 is 0. The van der Waals surface area contributed by atoms with Crippen LogP contribution in [0.2, 0.25) is 0 Å². The number of amides is 1. The second kappa shape index (κ2) is 6.68. The molecule has 1 amide bonds. The summed E-state index contributed by atoms with van der Waals surface area (Å²) in [6.07, 6.45) is 0. The van der Waals surface area contributed by atoms with Gasteiger partial charge < -0.3 is 10.6 Å². The molecule has 0 aliphatic heterocycles. The third-order valence-electron chi connectivity index (χ3n) is 3.43. The minimum atomic E-state index is -0.200. The first-order valence-corrected chi connectivity index (χ1v) is 7.67. The highest BCUT2D eigenvalue weighted by atomic mass is 32.1. The summed E-state index contributed by atoms with van der Waals surface area (Å²) >= 11 is 1.64. The van der Waals surface area contributed by atoms with Gasteiger partial charge in [-0.2, -0.15) is 11.3 Å². The van der Waals surface area contributed by atoms with Gasteiger partial charge in [0.05, 0.1) is 12.5 Å². The lowest BCUT2D eigenvalue weighted by Gasteiger charge is -2.27. The number of hydrogen-bond donors (Lipinski definition) is 1. The molecule has 0 radical (unpaired) electrons. The van der Waals surface area contributed by atoms with Crippen molar-refractivity contribution in [2.75, 3.05) is 4.90 Å². The Hall–Kier alpha value is -1.65. The molecule has 2 rings (SSSR count). The Balaban J connectivity index is 2.27. The minimum absolute atomic E-state index is 0.0670. The molecule has 2 N–H and O–H groups in total. The van der Waals surface area contributed by atoms with Gasteiger partial charge in [0.2, 0.25) is 5.91 Å². The van der Waals surface area contributed by atoms with Gasteiger partial charge in [-0.15, -0.1) is 0 Å². The number of carbonyl (C=O) groups is 1. The first-order valence-electron chi connectivity index (χ1n) is 6.72. The zero-order chi connectivity index (χ0) is 14.5. The predicted octanol–water partition coefficient (Wildman–Crippen LogP) is 3.26. The van der Waals surface area contributed by atoms with E-state index in [4.69, 9.17) is 5.73 Å². The van der Waals surface area contributed by atoms with Gasteiger partial charge in [-0.3, -0.25) is 4.79 Å². The molecule has 20 heavy (non-hydrogen) atoms. The number of rotatable bonds is 5. The van der Waals surface area contributed by atoms with Crippen LogP contribution in [0.3, 0.4) is 0 Å². The molecule has 106 valence electrons.